The molecule has 44 heavy (non-hydrogen) atoms. The number of aliphatic imine (C=N–C) groups is 1. The van der Waals surface area contributed by atoms with Crippen LogP contribution in [0.4, 0.5) is 5.82 Å². The summed E-state index contributed by atoms with van der Waals surface area (Å²) in [4.78, 5) is 5.07. The molecule has 0 saturated carbocycles. The van der Waals surface area contributed by atoms with Crippen molar-refractivity contribution in [1.29, 1.82) is 0 Å². The van der Waals surface area contributed by atoms with E-state index >= 15 is 0 Å². The summed E-state index contributed by atoms with van der Waals surface area (Å²) in [5.41, 5.74) is 4.68. The zero-order valence-electron chi connectivity index (χ0n) is 25.1. The van der Waals surface area contributed by atoms with Crippen molar-refractivity contribution in [2.45, 2.75) is 20.4 Å². The van der Waals surface area contributed by atoms with Crippen molar-refractivity contribution in [3.63, 3.8) is 0 Å². The summed E-state index contributed by atoms with van der Waals surface area (Å²) in [7, 11) is 4.75. The van der Waals surface area contributed by atoms with Crippen molar-refractivity contribution in [3.05, 3.63) is 96.2 Å². The molecule has 8 nitrogen and oxygen atoms in total. The number of rotatable bonds is 7. The van der Waals surface area contributed by atoms with Crippen LogP contribution in [0.25, 0.3) is 27.5 Å². The molecule has 1 atom stereocenters. The molecule has 0 N–H and O–H groups in total. The molecule has 1 aliphatic heterocycles. The van der Waals surface area contributed by atoms with Crippen molar-refractivity contribution in [3.8, 4) is 22.9 Å². The first kappa shape index (κ1) is 28.2. The number of para-hydroxylation sites is 2. The third kappa shape index (κ3) is 4.22. The average Bonchev–Trinajstić information content (AvgIpc) is 3.58. The standard InChI is InChI=1S/C34H31N4O4PS/c1-6-37-27-15-11-10-14-25(27)26-20-24(16-17-28(26)37)43(44)32-21(2)36-38(23-12-8-7-9-13-23)33(32)35-34(42-43)22-18-29(39-3)31(41-5)30(19-22)40-4/h7-20H,6H2,1-5H3. The van der Waals surface area contributed by atoms with Crippen LogP contribution in [0.2, 0.25) is 0 Å². The van der Waals surface area contributed by atoms with Crippen molar-refractivity contribution in [2.75, 3.05) is 21.3 Å². The van der Waals surface area contributed by atoms with E-state index in [1.807, 2.05) is 54.1 Å². The van der Waals surface area contributed by atoms with Gasteiger partial charge in [0.15, 0.2) is 23.6 Å². The number of fused-ring (bicyclic) bond motifs is 4. The molecule has 3 heterocycles. The van der Waals surface area contributed by atoms with Crippen LogP contribution in [-0.2, 0) is 22.9 Å². The number of aromatic nitrogens is 3. The van der Waals surface area contributed by atoms with E-state index in [-0.39, 0.29) is 0 Å². The molecular weight excluding hydrogens is 591 g/mol. The van der Waals surface area contributed by atoms with Gasteiger partial charge >= 0.3 is 0 Å². The lowest BCUT2D eigenvalue weighted by molar-refractivity contribution is 0.324. The van der Waals surface area contributed by atoms with Gasteiger partial charge in [0.05, 0.1) is 38.0 Å². The summed E-state index contributed by atoms with van der Waals surface area (Å²) in [6.07, 6.45) is -2.97. The van der Waals surface area contributed by atoms with Crippen molar-refractivity contribution in [2.24, 2.45) is 4.99 Å². The monoisotopic (exact) mass is 622 g/mol. The normalized spacial score (nSPS) is 16.0. The molecule has 0 amide bonds. The number of hydrogen-bond donors (Lipinski definition) is 0. The number of nitrogens with zero attached hydrogens (tertiary/aromatic N) is 4. The fourth-order valence-corrected chi connectivity index (χ4v) is 9.54. The fourth-order valence-electron chi connectivity index (χ4n) is 6.05. The number of hydrogen-bond acceptors (Lipinski definition) is 7. The smallest absolute Gasteiger partial charge is 0.227 e. The summed E-state index contributed by atoms with van der Waals surface area (Å²) in [5.74, 6) is 2.50. The molecule has 1 unspecified atom stereocenters. The molecule has 10 heteroatoms. The van der Waals surface area contributed by atoms with Gasteiger partial charge in [-0.2, -0.15) is 10.1 Å². The fraction of sp³-hybridized carbons (Fsp3) is 0.176. The molecule has 6 aromatic rings. The molecule has 4 aromatic carbocycles. The molecule has 0 spiro atoms. The second-order valence-electron chi connectivity index (χ2n) is 10.4. The molecule has 0 aliphatic carbocycles. The maximum absolute atomic E-state index is 6.93. The summed E-state index contributed by atoms with van der Waals surface area (Å²) < 4.78 is 28.0. The van der Waals surface area contributed by atoms with Crippen LogP contribution in [0.1, 0.15) is 18.2 Å². The second-order valence-corrected chi connectivity index (χ2v) is 14.2. The van der Waals surface area contributed by atoms with Crippen molar-refractivity contribution >= 4 is 62.2 Å². The van der Waals surface area contributed by atoms with Crippen LogP contribution in [-0.4, -0.2) is 41.6 Å². The molecule has 0 radical (unpaired) electrons. The van der Waals surface area contributed by atoms with E-state index in [2.05, 4.69) is 54.0 Å². The Bertz CT molecular complexity index is 2130. The van der Waals surface area contributed by atoms with Gasteiger partial charge in [0.25, 0.3) is 0 Å². The Balaban J connectivity index is 1.50. The summed E-state index contributed by atoms with van der Waals surface area (Å²) in [5, 5.41) is 9.04. The quantitative estimate of drug-likeness (QED) is 0.183. The van der Waals surface area contributed by atoms with E-state index in [9.17, 15) is 0 Å². The molecule has 7 rings (SSSR count). The largest absolute Gasteiger partial charge is 0.493 e. The Hall–Kier alpha value is -4.59. The zero-order valence-corrected chi connectivity index (χ0v) is 26.8. The van der Waals surface area contributed by atoms with Gasteiger partial charge in [0, 0.05) is 39.2 Å². The molecular formula is C34H31N4O4PS. The van der Waals surface area contributed by atoms with Gasteiger partial charge in [-0.05, 0) is 74.2 Å². The Morgan fingerprint density at radius 3 is 2.18 bits per heavy atom. The van der Waals surface area contributed by atoms with E-state index in [0.29, 0.717) is 34.5 Å². The topological polar surface area (TPSA) is 72.0 Å². The number of methoxy groups -OCH3 is 3. The van der Waals surface area contributed by atoms with E-state index in [0.717, 1.165) is 39.4 Å². The highest BCUT2D eigenvalue weighted by molar-refractivity contribution is 8.19. The highest BCUT2D eigenvalue weighted by Gasteiger charge is 2.39. The van der Waals surface area contributed by atoms with Gasteiger partial charge in [-0.25, -0.2) is 4.68 Å². The second kappa shape index (κ2) is 10.8. The Labute approximate surface area is 260 Å². The lowest BCUT2D eigenvalue weighted by atomic mass is 10.1. The highest BCUT2D eigenvalue weighted by Crippen LogP contribution is 2.53. The Kier molecular flexibility index (Phi) is 6.95. The summed E-state index contributed by atoms with van der Waals surface area (Å²) in [6, 6.07) is 28.6. The zero-order chi connectivity index (χ0) is 30.6. The van der Waals surface area contributed by atoms with Crippen molar-refractivity contribution < 1.29 is 18.7 Å². The SMILES string of the molecule is CCn1c2ccccc2c2cc(P3(=S)OC(c4cc(OC)c(OC)c(OC)c4)=Nc4c3c(C)nn4-c3ccccc3)ccc21. The minimum Gasteiger partial charge on any atom is -0.493 e. The van der Waals surface area contributed by atoms with E-state index in [1.165, 1.54) is 10.9 Å². The molecule has 0 saturated heterocycles. The van der Waals surface area contributed by atoms with Crippen LogP contribution in [0, 0.1) is 6.92 Å². The lowest BCUT2D eigenvalue weighted by Gasteiger charge is -2.29. The van der Waals surface area contributed by atoms with Gasteiger partial charge in [0.2, 0.25) is 11.6 Å². The van der Waals surface area contributed by atoms with E-state index < -0.39 is 6.26 Å². The first-order valence-corrected chi connectivity index (χ1v) is 17.0. The van der Waals surface area contributed by atoms with Crippen LogP contribution >= 0.6 is 6.26 Å². The molecule has 0 bridgehead atoms. The lowest BCUT2D eigenvalue weighted by Crippen LogP contribution is -2.26. The molecule has 2 aromatic heterocycles. The van der Waals surface area contributed by atoms with Gasteiger partial charge in [0.1, 0.15) is 0 Å². The third-order valence-electron chi connectivity index (χ3n) is 8.05. The van der Waals surface area contributed by atoms with E-state index in [1.54, 1.807) is 21.3 Å². The Morgan fingerprint density at radius 1 is 0.818 bits per heavy atom. The summed E-state index contributed by atoms with van der Waals surface area (Å²) >= 11 is 6.66. The van der Waals surface area contributed by atoms with E-state index in [4.69, 9.17) is 40.6 Å². The first-order valence-electron chi connectivity index (χ1n) is 14.3. The minimum atomic E-state index is -2.97. The van der Waals surface area contributed by atoms with Gasteiger partial charge in [-0.15, -0.1) is 0 Å². The molecule has 1 aliphatic rings. The van der Waals surface area contributed by atoms with Crippen LogP contribution in [0.3, 0.4) is 0 Å². The molecule has 0 fully saturated rings. The van der Waals surface area contributed by atoms with Gasteiger partial charge in [-0.3, -0.25) is 0 Å². The van der Waals surface area contributed by atoms with Crippen LogP contribution < -0.4 is 24.8 Å². The predicted octanol–water partition coefficient (Wildman–Crippen LogP) is 6.79. The third-order valence-corrected chi connectivity index (χ3v) is 12.0. The number of benzene rings is 4. The molecule has 222 valence electrons. The summed E-state index contributed by atoms with van der Waals surface area (Å²) in [6.45, 7) is 5.00. The van der Waals surface area contributed by atoms with Crippen LogP contribution in [0.15, 0.2) is 89.9 Å². The Morgan fingerprint density at radius 2 is 1.50 bits per heavy atom. The highest BCUT2D eigenvalue weighted by atomic mass is 32.4. The minimum absolute atomic E-state index is 0.369. The van der Waals surface area contributed by atoms with Gasteiger partial charge in [-0.1, -0.05) is 36.4 Å². The van der Waals surface area contributed by atoms with Crippen molar-refractivity contribution in [1.82, 2.24) is 14.3 Å². The first-order chi connectivity index (χ1) is 21.4. The maximum Gasteiger partial charge on any atom is 0.227 e. The van der Waals surface area contributed by atoms with Gasteiger partial charge < -0.3 is 23.3 Å². The number of aryl methyl sites for hydroxylation is 2. The maximum atomic E-state index is 6.93. The predicted molar refractivity (Wildman–Crippen MR) is 180 cm³/mol. The van der Waals surface area contributed by atoms with Crippen LogP contribution in [0.5, 0.6) is 17.2 Å². The average molecular weight is 623 g/mol. The number of ether oxygens (including phenoxy) is 3.